The van der Waals surface area contributed by atoms with Gasteiger partial charge in [-0.1, -0.05) is 0 Å². The number of hydrogen-bond donors (Lipinski definition) is 1. The number of non-ortho nitro benzene ring substituents is 1. The zero-order valence-corrected chi connectivity index (χ0v) is 18.2. The molecule has 0 aliphatic heterocycles. The number of esters is 2. The molecule has 33 heavy (non-hydrogen) atoms. The molecular formula is C22H24N2O9. The Morgan fingerprint density at radius 2 is 1.45 bits per heavy atom. The van der Waals surface area contributed by atoms with Crippen molar-refractivity contribution >= 4 is 23.5 Å². The van der Waals surface area contributed by atoms with E-state index >= 15 is 0 Å². The minimum Gasteiger partial charge on any atom is -0.494 e. The van der Waals surface area contributed by atoms with E-state index in [1.54, 1.807) is 31.2 Å². The number of ether oxygens (including phenoxy) is 4. The van der Waals surface area contributed by atoms with Crippen LogP contribution in [-0.2, 0) is 14.3 Å². The van der Waals surface area contributed by atoms with Gasteiger partial charge in [-0.25, -0.2) is 9.59 Å². The Hall–Kier alpha value is -4.15. The van der Waals surface area contributed by atoms with Gasteiger partial charge in [-0.3, -0.25) is 14.9 Å². The number of carbonyl (C=O) groups excluding carboxylic acids is 3. The number of nitro benzene ring substituents is 1. The lowest BCUT2D eigenvalue weighted by atomic mass is 10.1. The van der Waals surface area contributed by atoms with Crippen LogP contribution in [0, 0.1) is 10.1 Å². The van der Waals surface area contributed by atoms with E-state index in [2.05, 4.69) is 5.32 Å². The first-order valence-electron chi connectivity index (χ1n) is 10.1. The van der Waals surface area contributed by atoms with Crippen molar-refractivity contribution in [2.24, 2.45) is 0 Å². The quantitative estimate of drug-likeness (QED) is 0.219. The molecule has 2 rings (SSSR count). The van der Waals surface area contributed by atoms with Gasteiger partial charge in [0.05, 0.1) is 35.8 Å². The van der Waals surface area contributed by atoms with Crippen LogP contribution < -0.4 is 14.8 Å². The first-order valence-corrected chi connectivity index (χ1v) is 10.1. The average molecular weight is 460 g/mol. The van der Waals surface area contributed by atoms with Crippen LogP contribution in [0.4, 0.5) is 5.69 Å². The highest BCUT2D eigenvalue weighted by Gasteiger charge is 2.20. The van der Waals surface area contributed by atoms with Crippen LogP contribution in [0.2, 0.25) is 0 Å². The number of nitrogens with one attached hydrogen (secondary N) is 1. The molecule has 11 heteroatoms. The zero-order chi connectivity index (χ0) is 24.2. The summed E-state index contributed by atoms with van der Waals surface area (Å²) in [7, 11) is 0. The van der Waals surface area contributed by atoms with Gasteiger partial charge in [0.1, 0.15) is 18.1 Å². The molecule has 0 saturated carbocycles. The monoisotopic (exact) mass is 460 g/mol. The second-order valence-electron chi connectivity index (χ2n) is 6.43. The van der Waals surface area contributed by atoms with Gasteiger partial charge in [0.2, 0.25) is 0 Å². The van der Waals surface area contributed by atoms with E-state index in [1.165, 1.54) is 0 Å². The third-order valence-corrected chi connectivity index (χ3v) is 4.04. The smallest absolute Gasteiger partial charge is 0.338 e. The molecule has 0 spiro atoms. The van der Waals surface area contributed by atoms with Crippen molar-refractivity contribution in [3.8, 4) is 11.5 Å². The number of hydrogen-bond acceptors (Lipinski definition) is 9. The van der Waals surface area contributed by atoms with E-state index in [-0.39, 0.29) is 30.9 Å². The first kappa shape index (κ1) is 25.1. The molecule has 0 atom stereocenters. The Morgan fingerprint density at radius 3 is 2.00 bits per heavy atom. The molecule has 0 radical (unpaired) electrons. The fourth-order valence-electron chi connectivity index (χ4n) is 2.59. The van der Waals surface area contributed by atoms with Crippen LogP contribution >= 0.6 is 0 Å². The predicted octanol–water partition coefficient (Wildman–Crippen LogP) is 2.52. The van der Waals surface area contributed by atoms with E-state index in [1.807, 2.05) is 6.92 Å². The second kappa shape index (κ2) is 12.6. The van der Waals surface area contributed by atoms with Crippen molar-refractivity contribution in [1.82, 2.24) is 5.32 Å². The molecule has 176 valence electrons. The van der Waals surface area contributed by atoms with Gasteiger partial charge in [-0.05, 0) is 44.2 Å². The Morgan fingerprint density at radius 1 is 0.879 bits per heavy atom. The molecular weight excluding hydrogens is 436 g/mol. The highest BCUT2D eigenvalue weighted by atomic mass is 16.6. The van der Waals surface area contributed by atoms with E-state index < -0.39 is 35.1 Å². The van der Waals surface area contributed by atoms with Crippen molar-refractivity contribution in [3.05, 3.63) is 63.7 Å². The van der Waals surface area contributed by atoms with Gasteiger partial charge in [-0.15, -0.1) is 0 Å². The summed E-state index contributed by atoms with van der Waals surface area (Å²) in [6, 6.07) is 10.0. The lowest BCUT2D eigenvalue weighted by Gasteiger charge is -2.09. The summed E-state index contributed by atoms with van der Waals surface area (Å²) in [4.78, 5) is 46.3. The van der Waals surface area contributed by atoms with Gasteiger partial charge >= 0.3 is 11.9 Å². The van der Waals surface area contributed by atoms with Gasteiger partial charge in [0.15, 0.2) is 6.61 Å². The maximum Gasteiger partial charge on any atom is 0.338 e. The van der Waals surface area contributed by atoms with Gasteiger partial charge < -0.3 is 24.3 Å². The Balaban J connectivity index is 1.82. The fourth-order valence-corrected chi connectivity index (χ4v) is 2.59. The number of benzene rings is 2. The van der Waals surface area contributed by atoms with Crippen molar-refractivity contribution in [1.29, 1.82) is 0 Å². The molecule has 0 unspecified atom stereocenters. The SMILES string of the molecule is CCOC(=O)c1cc(C(=O)OCC(=O)NCCOc2ccc(OCC)cc2)cc([N+](=O)[O-])c1. The topological polar surface area (TPSA) is 143 Å². The maximum absolute atomic E-state index is 12.2. The number of amides is 1. The molecule has 2 aromatic carbocycles. The fraction of sp³-hybridized carbons (Fsp3) is 0.318. The van der Waals surface area contributed by atoms with Crippen LogP contribution in [0.15, 0.2) is 42.5 Å². The number of carbonyl (C=O) groups is 3. The summed E-state index contributed by atoms with van der Waals surface area (Å²) in [5.41, 5.74) is -0.906. The van der Waals surface area contributed by atoms with E-state index in [0.29, 0.717) is 12.4 Å². The summed E-state index contributed by atoms with van der Waals surface area (Å²) in [5, 5.41) is 13.6. The van der Waals surface area contributed by atoms with Crippen LogP contribution in [0.1, 0.15) is 34.6 Å². The molecule has 1 amide bonds. The van der Waals surface area contributed by atoms with Crippen LogP contribution in [0.5, 0.6) is 11.5 Å². The summed E-state index contributed by atoms with van der Waals surface area (Å²) in [5.74, 6) is -1.08. The third-order valence-electron chi connectivity index (χ3n) is 4.04. The van der Waals surface area contributed by atoms with Crippen LogP contribution in [0.3, 0.4) is 0 Å². The lowest BCUT2D eigenvalue weighted by Crippen LogP contribution is -2.32. The van der Waals surface area contributed by atoms with Gasteiger partial charge in [0, 0.05) is 12.1 Å². The van der Waals surface area contributed by atoms with Crippen molar-refractivity contribution in [3.63, 3.8) is 0 Å². The Kier molecular flexibility index (Phi) is 9.62. The van der Waals surface area contributed by atoms with Gasteiger partial charge in [0.25, 0.3) is 11.6 Å². The Labute approximate surface area is 189 Å². The summed E-state index contributed by atoms with van der Waals surface area (Å²) >= 11 is 0. The number of nitro groups is 1. The summed E-state index contributed by atoms with van der Waals surface area (Å²) < 4.78 is 20.5. The minimum atomic E-state index is -0.995. The summed E-state index contributed by atoms with van der Waals surface area (Å²) in [6.45, 7) is 3.81. The normalized spacial score (nSPS) is 10.1. The highest BCUT2D eigenvalue weighted by molar-refractivity contribution is 5.97. The minimum absolute atomic E-state index is 0.0593. The van der Waals surface area contributed by atoms with Crippen LogP contribution in [0.25, 0.3) is 0 Å². The first-order chi connectivity index (χ1) is 15.8. The van der Waals surface area contributed by atoms with Crippen molar-refractivity contribution < 1.29 is 38.3 Å². The standard InChI is InChI=1S/C22H24N2O9/c1-3-30-18-5-7-19(8-6-18)32-10-9-23-20(25)14-33-22(27)16-11-15(21(26)31-4-2)12-17(13-16)24(28)29/h5-8,11-13H,3-4,9-10,14H2,1-2H3,(H,23,25). The Bertz CT molecular complexity index is 990. The van der Waals surface area contributed by atoms with E-state index in [4.69, 9.17) is 18.9 Å². The number of rotatable bonds is 12. The molecule has 0 aromatic heterocycles. The number of nitrogens with zero attached hydrogens (tertiary/aromatic N) is 1. The summed E-state index contributed by atoms with van der Waals surface area (Å²) in [6.07, 6.45) is 0. The third kappa shape index (κ3) is 8.13. The van der Waals surface area contributed by atoms with Crippen molar-refractivity contribution in [2.45, 2.75) is 13.8 Å². The van der Waals surface area contributed by atoms with Crippen LogP contribution in [-0.4, -0.2) is 55.7 Å². The predicted molar refractivity (Wildman–Crippen MR) is 115 cm³/mol. The lowest BCUT2D eigenvalue weighted by molar-refractivity contribution is -0.384. The molecule has 2 aromatic rings. The molecule has 0 saturated heterocycles. The van der Waals surface area contributed by atoms with Gasteiger partial charge in [-0.2, -0.15) is 0 Å². The van der Waals surface area contributed by atoms with E-state index in [9.17, 15) is 24.5 Å². The molecule has 0 fully saturated rings. The maximum atomic E-state index is 12.2. The second-order valence-corrected chi connectivity index (χ2v) is 6.43. The molecule has 1 N–H and O–H groups in total. The zero-order valence-electron chi connectivity index (χ0n) is 18.2. The molecule has 0 heterocycles. The largest absolute Gasteiger partial charge is 0.494 e. The van der Waals surface area contributed by atoms with Crippen molar-refractivity contribution in [2.75, 3.05) is 33.0 Å². The molecule has 0 aliphatic rings. The van der Waals surface area contributed by atoms with E-state index in [0.717, 1.165) is 23.9 Å². The molecule has 11 nitrogen and oxygen atoms in total. The molecule has 0 bridgehead atoms. The molecule has 0 aliphatic carbocycles. The average Bonchev–Trinajstić information content (AvgIpc) is 2.81. The highest BCUT2D eigenvalue weighted by Crippen LogP contribution is 2.19.